The number of rotatable bonds is 3. The Morgan fingerprint density at radius 1 is 1.25 bits per heavy atom. The highest BCUT2D eigenvalue weighted by Gasteiger charge is 2.26. The summed E-state index contributed by atoms with van der Waals surface area (Å²) < 4.78 is 2.10. The van der Waals surface area contributed by atoms with E-state index in [4.69, 9.17) is 5.73 Å². The van der Waals surface area contributed by atoms with E-state index in [1.807, 2.05) is 0 Å². The first kappa shape index (κ1) is 11.6. The van der Waals surface area contributed by atoms with Crippen molar-refractivity contribution in [3.8, 4) is 0 Å². The zero-order valence-corrected chi connectivity index (χ0v) is 10.3. The third-order valence-corrected chi connectivity index (χ3v) is 3.47. The highest BCUT2D eigenvalue weighted by molar-refractivity contribution is 4.97. The predicted molar refractivity (Wildman–Crippen MR) is 64.3 cm³/mol. The molecule has 0 amide bonds. The van der Waals surface area contributed by atoms with E-state index in [2.05, 4.69) is 28.6 Å². The van der Waals surface area contributed by atoms with Crippen LogP contribution in [0.25, 0.3) is 0 Å². The Morgan fingerprint density at radius 2 is 2.00 bits per heavy atom. The zero-order chi connectivity index (χ0) is 11.5. The molecule has 1 fully saturated rings. The second kappa shape index (κ2) is 4.95. The smallest absolute Gasteiger partial charge is 0.150 e. The van der Waals surface area contributed by atoms with Gasteiger partial charge >= 0.3 is 0 Å². The molecule has 4 nitrogen and oxygen atoms in total. The Labute approximate surface area is 97.2 Å². The lowest BCUT2D eigenvalue weighted by Crippen LogP contribution is -2.36. The van der Waals surface area contributed by atoms with E-state index in [9.17, 15) is 0 Å². The largest absolute Gasteiger partial charge is 0.326 e. The van der Waals surface area contributed by atoms with Crippen LogP contribution >= 0.6 is 0 Å². The maximum absolute atomic E-state index is 6.20. The Kier molecular flexibility index (Phi) is 3.59. The molecule has 1 aliphatic carbocycles. The monoisotopic (exact) mass is 222 g/mol. The van der Waals surface area contributed by atoms with E-state index < -0.39 is 0 Å². The van der Waals surface area contributed by atoms with Crippen molar-refractivity contribution < 1.29 is 0 Å². The van der Waals surface area contributed by atoms with Crippen molar-refractivity contribution in [2.45, 2.75) is 64.5 Å². The molecule has 1 heterocycles. The third kappa shape index (κ3) is 2.12. The first-order valence-corrected chi connectivity index (χ1v) is 6.46. The van der Waals surface area contributed by atoms with Gasteiger partial charge in [0.05, 0.1) is 6.04 Å². The van der Waals surface area contributed by atoms with Gasteiger partial charge in [-0.25, -0.2) is 9.67 Å². The Morgan fingerprint density at radius 3 is 2.62 bits per heavy atom. The van der Waals surface area contributed by atoms with Gasteiger partial charge in [-0.05, 0) is 12.8 Å². The van der Waals surface area contributed by atoms with Crippen LogP contribution < -0.4 is 5.73 Å². The molecule has 0 aliphatic heterocycles. The summed E-state index contributed by atoms with van der Waals surface area (Å²) in [5.41, 5.74) is 6.20. The maximum Gasteiger partial charge on any atom is 0.150 e. The van der Waals surface area contributed by atoms with Crippen molar-refractivity contribution >= 4 is 0 Å². The van der Waals surface area contributed by atoms with Gasteiger partial charge < -0.3 is 5.73 Å². The summed E-state index contributed by atoms with van der Waals surface area (Å²) in [6.07, 6.45) is 6.64. The summed E-state index contributed by atoms with van der Waals surface area (Å²) in [5, 5.41) is 4.60. The second-order valence-electron chi connectivity index (χ2n) is 4.61. The Bertz CT molecular complexity index is 345. The summed E-state index contributed by atoms with van der Waals surface area (Å²) in [7, 11) is 0. The molecule has 2 N–H and O–H groups in total. The van der Waals surface area contributed by atoms with Crippen LogP contribution in [-0.2, 0) is 12.8 Å². The fourth-order valence-electron chi connectivity index (χ4n) is 2.50. The van der Waals surface area contributed by atoms with Crippen LogP contribution in [-0.4, -0.2) is 20.8 Å². The number of aromatic nitrogens is 3. The lowest BCUT2D eigenvalue weighted by atomic mass is 9.91. The molecule has 90 valence electrons. The van der Waals surface area contributed by atoms with E-state index in [-0.39, 0.29) is 6.04 Å². The van der Waals surface area contributed by atoms with Crippen molar-refractivity contribution in [1.29, 1.82) is 0 Å². The molecule has 0 radical (unpaired) electrons. The van der Waals surface area contributed by atoms with Gasteiger partial charge in [-0.1, -0.05) is 26.7 Å². The molecule has 4 heteroatoms. The lowest BCUT2D eigenvalue weighted by molar-refractivity contribution is 0.279. The number of aryl methyl sites for hydroxylation is 2. The topological polar surface area (TPSA) is 56.7 Å². The maximum atomic E-state index is 6.20. The molecule has 0 spiro atoms. The van der Waals surface area contributed by atoms with Gasteiger partial charge in [-0.3, -0.25) is 0 Å². The lowest BCUT2D eigenvalue weighted by Gasteiger charge is -2.29. The molecule has 1 aromatic heterocycles. The van der Waals surface area contributed by atoms with Crippen molar-refractivity contribution in [2.75, 3.05) is 0 Å². The van der Waals surface area contributed by atoms with Crippen molar-refractivity contribution in [2.24, 2.45) is 5.73 Å². The van der Waals surface area contributed by atoms with Gasteiger partial charge in [-0.15, -0.1) is 0 Å². The number of nitrogens with zero attached hydrogens (tertiary/aromatic N) is 3. The molecule has 1 aromatic rings. The highest BCUT2D eigenvalue weighted by Crippen LogP contribution is 2.27. The molecule has 0 aromatic carbocycles. The number of hydrogen-bond donors (Lipinski definition) is 1. The molecule has 16 heavy (non-hydrogen) atoms. The molecule has 1 saturated carbocycles. The van der Waals surface area contributed by atoms with Gasteiger partial charge in [0, 0.05) is 18.9 Å². The fraction of sp³-hybridized carbons (Fsp3) is 0.833. The van der Waals surface area contributed by atoms with Gasteiger partial charge in [0.2, 0.25) is 0 Å². The van der Waals surface area contributed by atoms with Crippen LogP contribution in [0.5, 0.6) is 0 Å². The third-order valence-electron chi connectivity index (χ3n) is 3.47. The number of hydrogen-bond acceptors (Lipinski definition) is 3. The predicted octanol–water partition coefficient (Wildman–Crippen LogP) is 1.85. The molecule has 2 atom stereocenters. The molecule has 2 rings (SSSR count). The highest BCUT2D eigenvalue weighted by atomic mass is 15.4. The minimum Gasteiger partial charge on any atom is -0.326 e. The molecule has 0 bridgehead atoms. The first-order chi connectivity index (χ1) is 7.76. The van der Waals surface area contributed by atoms with Gasteiger partial charge in [0.25, 0.3) is 0 Å². The second-order valence-corrected chi connectivity index (χ2v) is 4.61. The van der Waals surface area contributed by atoms with Crippen molar-refractivity contribution in [3.05, 3.63) is 11.6 Å². The van der Waals surface area contributed by atoms with Crippen LogP contribution in [0.4, 0.5) is 0 Å². The van der Waals surface area contributed by atoms with Crippen molar-refractivity contribution in [3.63, 3.8) is 0 Å². The standard InChI is InChI=1S/C12H22N4/c1-3-11-14-12(4-2)16(15-11)10-8-6-5-7-9(10)13/h9-10H,3-8,13H2,1-2H3. The summed E-state index contributed by atoms with van der Waals surface area (Å²) >= 11 is 0. The van der Waals surface area contributed by atoms with Crippen LogP contribution in [0.15, 0.2) is 0 Å². The average Bonchev–Trinajstić information content (AvgIpc) is 2.72. The molecule has 2 unspecified atom stereocenters. The summed E-state index contributed by atoms with van der Waals surface area (Å²) in [6.45, 7) is 4.23. The van der Waals surface area contributed by atoms with Crippen LogP contribution in [0.2, 0.25) is 0 Å². The summed E-state index contributed by atoms with van der Waals surface area (Å²) in [5.74, 6) is 2.05. The van der Waals surface area contributed by atoms with Gasteiger partial charge in [0.1, 0.15) is 5.82 Å². The Balaban J connectivity index is 2.26. The summed E-state index contributed by atoms with van der Waals surface area (Å²) in [6, 6.07) is 0.627. The van der Waals surface area contributed by atoms with E-state index >= 15 is 0 Å². The zero-order valence-electron chi connectivity index (χ0n) is 10.3. The number of nitrogens with two attached hydrogens (primary N) is 1. The minimum absolute atomic E-state index is 0.255. The SMILES string of the molecule is CCc1nc(CC)n(C2CCCCC2N)n1. The van der Waals surface area contributed by atoms with E-state index in [1.165, 1.54) is 12.8 Å². The van der Waals surface area contributed by atoms with E-state index in [0.29, 0.717) is 6.04 Å². The van der Waals surface area contributed by atoms with Gasteiger partial charge in [0.15, 0.2) is 5.82 Å². The summed E-state index contributed by atoms with van der Waals surface area (Å²) in [4.78, 5) is 4.55. The first-order valence-electron chi connectivity index (χ1n) is 6.46. The molecular formula is C12H22N4. The minimum atomic E-state index is 0.255. The van der Waals surface area contributed by atoms with Crippen LogP contribution in [0.3, 0.4) is 0 Å². The normalized spacial score (nSPS) is 25.9. The fourth-order valence-corrected chi connectivity index (χ4v) is 2.50. The van der Waals surface area contributed by atoms with E-state index in [0.717, 1.165) is 37.3 Å². The van der Waals surface area contributed by atoms with Crippen LogP contribution in [0.1, 0.15) is 57.2 Å². The van der Waals surface area contributed by atoms with E-state index in [1.54, 1.807) is 0 Å². The van der Waals surface area contributed by atoms with Gasteiger partial charge in [-0.2, -0.15) is 5.10 Å². The quantitative estimate of drug-likeness (QED) is 0.849. The van der Waals surface area contributed by atoms with Crippen LogP contribution in [0, 0.1) is 0 Å². The average molecular weight is 222 g/mol. The Hall–Kier alpha value is -0.900. The molecular weight excluding hydrogens is 200 g/mol. The van der Waals surface area contributed by atoms with Crippen molar-refractivity contribution in [1.82, 2.24) is 14.8 Å². The molecule has 1 aliphatic rings. The molecule has 0 saturated heterocycles.